The Bertz CT molecular complexity index is 583. The molecule has 0 radical (unpaired) electrons. The molecule has 0 saturated carbocycles. The van der Waals surface area contributed by atoms with Gasteiger partial charge in [0.15, 0.2) is 0 Å². The van der Waals surface area contributed by atoms with Crippen LogP contribution in [0.5, 0.6) is 0 Å². The number of aliphatic carboxylic acids is 1. The van der Waals surface area contributed by atoms with E-state index in [-0.39, 0.29) is 18.8 Å². The van der Waals surface area contributed by atoms with Crippen LogP contribution in [0.15, 0.2) is 30.3 Å². The van der Waals surface area contributed by atoms with Crippen LogP contribution >= 0.6 is 7.60 Å². The van der Waals surface area contributed by atoms with Gasteiger partial charge in [0, 0.05) is 0 Å². The quantitative estimate of drug-likeness (QED) is 0.529. The Morgan fingerprint density at radius 1 is 1.17 bits per heavy atom. The normalized spacial score (nSPS) is 14.3. The van der Waals surface area contributed by atoms with Crippen molar-refractivity contribution in [2.24, 2.45) is 5.92 Å². The molecule has 1 aromatic carbocycles. The van der Waals surface area contributed by atoms with Gasteiger partial charge in [0.25, 0.3) is 0 Å². The van der Waals surface area contributed by atoms with Gasteiger partial charge in [-0.15, -0.1) is 0 Å². The summed E-state index contributed by atoms with van der Waals surface area (Å²) in [5, 5.41) is 11.4. The van der Waals surface area contributed by atoms with Crippen LogP contribution in [0.2, 0.25) is 0 Å². The first-order chi connectivity index (χ1) is 10.6. The molecular formula is C15H22NO6P. The first-order valence-electron chi connectivity index (χ1n) is 7.23. The zero-order valence-corrected chi connectivity index (χ0v) is 13.9. The van der Waals surface area contributed by atoms with E-state index >= 15 is 0 Å². The van der Waals surface area contributed by atoms with Gasteiger partial charge in [0.05, 0.1) is 0 Å². The molecule has 0 aliphatic rings. The van der Waals surface area contributed by atoms with Crippen molar-refractivity contribution in [1.29, 1.82) is 0 Å². The van der Waals surface area contributed by atoms with Gasteiger partial charge < -0.3 is 20.2 Å². The second kappa shape index (κ2) is 8.24. The van der Waals surface area contributed by atoms with Gasteiger partial charge in [-0.05, 0) is 24.3 Å². The molecule has 7 nitrogen and oxygen atoms in total. The molecule has 23 heavy (non-hydrogen) atoms. The highest BCUT2D eigenvalue weighted by Gasteiger charge is 2.37. The second-order valence-corrected chi connectivity index (χ2v) is 7.63. The minimum absolute atomic E-state index is 0.0130. The summed E-state index contributed by atoms with van der Waals surface area (Å²) in [6, 6.07) is 7.27. The lowest BCUT2D eigenvalue weighted by Gasteiger charge is -2.22. The number of carbonyl (C=O) groups excluding carboxylic acids is 1. The van der Waals surface area contributed by atoms with E-state index in [1.165, 1.54) is 0 Å². The fraction of sp³-hybridized carbons (Fsp3) is 0.467. The minimum Gasteiger partial charge on any atom is -0.480 e. The molecule has 4 N–H and O–H groups in total. The van der Waals surface area contributed by atoms with Gasteiger partial charge in [0.2, 0.25) is 5.91 Å². The minimum atomic E-state index is -4.72. The number of nitrogens with one attached hydrogen (secondary N) is 1. The molecule has 0 aliphatic carbocycles. The van der Waals surface area contributed by atoms with Crippen LogP contribution < -0.4 is 5.32 Å². The number of benzene rings is 1. The Kier molecular flexibility index (Phi) is 6.94. The van der Waals surface area contributed by atoms with Gasteiger partial charge in [-0.3, -0.25) is 9.36 Å². The zero-order valence-electron chi connectivity index (χ0n) is 13.0. The van der Waals surface area contributed by atoms with Crippen molar-refractivity contribution >= 4 is 19.5 Å². The molecule has 1 rings (SSSR count). The highest BCUT2D eigenvalue weighted by molar-refractivity contribution is 7.53. The Morgan fingerprint density at radius 3 is 2.17 bits per heavy atom. The third-order valence-corrected chi connectivity index (χ3v) is 4.53. The van der Waals surface area contributed by atoms with Crippen molar-refractivity contribution in [2.45, 2.75) is 38.4 Å². The number of carboxylic acid groups (broad SMARTS) is 1. The molecule has 0 aromatic heterocycles. The van der Waals surface area contributed by atoms with Gasteiger partial charge in [0.1, 0.15) is 11.7 Å². The fourth-order valence-corrected chi connectivity index (χ4v) is 2.99. The monoisotopic (exact) mass is 343 g/mol. The SMILES string of the molecule is CC(C)C[C@H](NC(=O)C(Cc1ccccc1)P(=O)(O)O)C(=O)O. The highest BCUT2D eigenvalue weighted by atomic mass is 31.2. The van der Waals surface area contributed by atoms with E-state index in [0.717, 1.165) is 0 Å². The molecule has 1 amide bonds. The molecule has 8 heteroatoms. The van der Waals surface area contributed by atoms with Crippen LogP contribution in [0.3, 0.4) is 0 Å². The second-order valence-electron chi connectivity index (χ2n) is 5.82. The molecule has 128 valence electrons. The maximum atomic E-state index is 12.2. The molecule has 2 atom stereocenters. The largest absolute Gasteiger partial charge is 0.480 e. The van der Waals surface area contributed by atoms with E-state index in [9.17, 15) is 23.9 Å². The predicted molar refractivity (Wildman–Crippen MR) is 85.0 cm³/mol. The zero-order chi connectivity index (χ0) is 17.6. The van der Waals surface area contributed by atoms with Gasteiger partial charge in [-0.1, -0.05) is 44.2 Å². The van der Waals surface area contributed by atoms with Crippen LogP contribution in [0.25, 0.3) is 0 Å². The van der Waals surface area contributed by atoms with Crippen molar-refractivity contribution in [1.82, 2.24) is 5.32 Å². The maximum absolute atomic E-state index is 12.2. The topological polar surface area (TPSA) is 124 Å². The number of carbonyl (C=O) groups is 2. The number of carboxylic acids is 1. The standard InChI is InChI=1S/C15H22NO6P/c1-10(2)8-12(15(18)19)16-14(17)13(23(20,21)22)9-11-6-4-3-5-7-11/h3-7,10,12-13H,8-9H2,1-2H3,(H,16,17)(H,18,19)(H2,20,21,22)/t12-,13?/m0/s1. The summed E-state index contributed by atoms with van der Waals surface area (Å²) in [6.45, 7) is 3.60. The molecule has 0 saturated heterocycles. The van der Waals surface area contributed by atoms with Crippen LogP contribution in [-0.2, 0) is 20.6 Å². The summed E-state index contributed by atoms with van der Waals surface area (Å²) in [5.41, 5.74) is -1.02. The van der Waals surface area contributed by atoms with E-state index in [2.05, 4.69) is 5.32 Å². The van der Waals surface area contributed by atoms with Crippen LogP contribution in [0, 0.1) is 5.92 Å². The van der Waals surface area contributed by atoms with Gasteiger partial charge in [-0.2, -0.15) is 0 Å². The molecule has 0 bridgehead atoms. The maximum Gasteiger partial charge on any atom is 0.338 e. The highest BCUT2D eigenvalue weighted by Crippen LogP contribution is 2.43. The summed E-state index contributed by atoms with van der Waals surface area (Å²) < 4.78 is 11.6. The number of hydrogen-bond acceptors (Lipinski definition) is 3. The van der Waals surface area contributed by atoms with Crippen molar-refractivity contribution in [3.8, 4) is 0 Å². The molecule has 1 aromatic rings. The third-order valence-electron chi connectivity index (χ3n) is 3.30. The van der Waals surface area contributed by atoms with Crippen LogP contribution in [0.1, 0.15) is 25.8 Å². The van der Waals surface area contributed by atoms with Crippen molar-refractivity contribution in [2.75, 3.05) is 0 Å². The smallest absolute Gasteiger partial charge is 0.338 e. The third kappa shape index (κ3) is 6.52. The first kappa shape index (κ1) is 19.4. The molecule has 0 fully saturated rings. The van der Waals surface area contributed by atoms with E-state index in [0.29, 0.717) is 5.56 Å². The summed E-state index contributed by atoms with van der Waals surface area (Å²) in [7, 11) is -4.72. The van der Waals surface area contributed by atoms with Crippen LogP contribution in [-0.4, -0.2) is 38.5 Å². The average Bonchev–Trinajstić information content (AvgIpc) is 2.43. The Hall–Kier alpha value is -1.69. The van der Waals surface area contributed by atoms with E-state index in [1.807, 2.05) is 0 Å². The molecule has 1 unspecified atom stereocenters. The average molecular weight is 343 g/mol. The Labute approximate surface area is 134 Å². The van der Waals surface area contributed by atoms with E-state index in [4.69, 9.17) is 5.11 Å². The molecule has 0 aliphatic heterocycles. The van der Waals surface area contributed by atoms with E-state index in [1.54, 1.807) is 44.2 Å². The fourth-order valence-electron chi connectivity index (χ4n) is 2.16. The summed E-state index contributed by atoms with van der Waals surface area (Å²) >= 11 is 0. The first-order valence-corrected chi connectivity index (χ1v) is 8.91. The Balaban J connectivity index is 2.92. The molecule has 0 heterocycles. The van der Waals surface area contributed by atoms with Crippen molar-refractivity contribution in [3.05, 3.63) is 35.9 Å². The lowest BCUT2D eigenvalue weighted by Crippen LogP contribution is -2.46. The van der Waals surface area contributed by atoms with Crippen molar-refractivity contribution < 1.29 is 29.0 Å². The van der Waals surface area contributed by atoms with Gasteiger partial charge >= 0.3 is 13.6 Å². The summed E-state index contributed by atoms with van der Waals surface area (Å²) in [6.07, 6.45) is 0.0191. The summed E-state index contributed by atoms with van der Waals surface area (Å²) in [4.78, 5) is 42.3. The predicted octanol–water partition coefficient (Wildman–Crippen LogP) is 1.39. The molecule has 0 spiro atoms. The van der Waals surface area contributed by atoms with E-state index < -0.39 is 31.2 Å². The Morgan fingerprint density at radius 2 is 1.74 bits per heavy atom. The van der Waals surface area contributed by atoms with Crippen molar-refractivity contribution in [3.63, 3.8) is 0 Å². The number of amides is 1. The lowest BCUT2D eigenvalue weighted by atomic mass is 10.0. The molecular weight excluding hydrogens is 321 g/mol. The summed E-state index contributed by atoms with van der Waals surface area (Å²) in [5.74, 6) is -2.16. The van der Waals surface area contributed by atoms with Crippen LogP contribution in [0.4, 0.5) is 0 Å². The lowest BCUT2D eigenvalue weighted by molar-refractivity contribution is -0.142. The number of rotatable bonds is 8. The number of hydrogen-bond donors (Lipinski definition) is 4. The van der Waals surface area contributed by atoms with Gasteiger partial charge in [-0.25, -0.2) is 4.79 Å².